The molecule has 1 aliphatic rings. The van der Waals surface area contributed by atoms with Crippen LogP contribution in [0.5, 0.6) is 0 Å². The van der Waals surface area contributed by atoms with Gasteiger partial charge in [-0.1, -0.05) is 35.0 Å². The minimum Gasteiger partial charge on any atom is -0.378 e. The maximum atomic E-state index is 12.2. The van der Waals surface area contributed by atoms with E-state index in [-0.39, 0.29) is 5.78 Å². The standard InChI is InChI=1S/C15H20BrNO2/c1-2-14-11-19-9-8-17(14)7-6-15(18)12-4-3-5-13(16)10-12/h3-5,10,14H,2,6-9,11H2,1H3. The van der Waals surface area contributed by atoms with Crippen LogP contribution in [0.4, 0.5) is 0 Å². The van der Waals surface area contributed by atoms with Gasteiger partial charge in [-0.15, -0.1) is 0 Å². The second-order valence-electron chi connectivity index (χ2n) is 4.86. The molecular formula is C15H20BrNO2. The topological polar surface area (TPSA) is 29.5 Å². The summed E-state index contributed by atoms with van der Waals surface area (Å²) in [7, 11) is 0. The van der Waals surface area contributed by atoms with E-state index in [1.54, 1.807) is 0 Å². The third-order valence-electron chi connectivity index (χ3n) is 3.59. The summed E-state index contributed by atoms with van der Waals surface area (Å²) >= 11 is 3.40. The number of benzene rings is 1. The van der Waals surface area contributed by atoms with Crippen molar-refractivity contribution in [1.29, 1.82) is 0 Å². The Morgan fingerprint density at radius 1 is 1.53 bits per heavy atom. The molecule has 0 bridgehead atoms. The number of hydrogen-bond donors (Lipinski definition) is 0. The fourth-order valence-electron chi connectivity index (χ4n) is 2.41. The molecule has 0 spiro atoms. The molecule has 19 heavy (non-hydrogen) atoms. The van der Waals surface area contributed by atoms with Crippen LogP contribution in [-0.2, 0) is 4.74 Å². The third kappa shape index (κ3) is 4.13. The molecule has 1 saturated heterocycles. The van der Waals surface area contributed by atoms with E-state index in [1.807, 2.05) is 24.3 Å². The first-order valence-electron chi connectivity index (χ1n) is 6.81. The number of carbonyl (C=O) groups excluding carboxylic acids is 1. The Balaban J connectivity index is 1.89. The van der Waals surface area contributed by atoms with Gasteiger partial charge in [0.05, 0.1) is 13.2 Å². The van der Waals surface area contributed by atoms with Crippen molar-refractivity contribution in [2.75, 3.05) is 26.3 Å². The van der Waals surface area contributed by atoms with E-state index >= 15 is 0 Å². The largest absolute Gasteiger partial charge is 0.378 e. The molecule has 4 heteroatoms. The zero-order valence-electron chi connectivity index (χ0n) is 11.3. The highest BCUT2D eigenvalue weighted by atomic mass is 79.9. The molecule has 1 unspecified atom stereocenters. The van der Waals surface area contributed by atoms with Gasteiger partial charge < -0.3 is 4.74 Å². The van der Waals surface area contributed by atoms with Crippen molar-refractivity contribution in [3.8, 4) is 0 Å². The number of ether oxygens (including phenoxy) is 1. The molecule has 1 aliphatic heterocycles. The molecule has 104 valence electrons. The summed E-state index contributed by atoms with van der Waals surface area (Å²) in [5, 5.41) is 0. The summed E-state index contributed by atoms with van der Waals surface area (Å²) in [6.45, 7) is 5.50. The Labute approximate surface area is 123 Å². The van der Waals surface area contributed by atoms with Crippen LogP contribution in [0.1, 0.15) is 30.1 Å². The highest BCUT2D eigenvalue weighted by Gasteiger charge is 2.21. The SMILES string of the molecule is CCC1COCCN1CCC(=O)c1cccc(Br)c1. The molecular weight excluding hydrogens is 306 g/mol. The molecule has 0 aliphatic carbocycles. The van der Waals surface area contributed by atoms with E-state index < -0.39 is 0 Å². The minimum absolute atomic E-state index is 0.211. The van der Waals surface area contributed by atoms with Gasteiger partial charge >= 0.3 is 0 Å². The molecule has 1 aromatic rings. The van der Waals surface area contributed by atoms with Gasteiger partial charge in [-0.3, -0.25) is 9.69 Å². The number of nitrogens with zero attached hydrogens (tertiary/aromatic N) is 1. The van der Waals surface area contributed by atoms with E-state index in [2.05, 4.69) is 27.8 Å². The summed E-state index contributed by atoms with van der Waals surface area (Å²) in [5.41, 5.74) is 0.788. The van der Waals surface area contributed by atoms with Crippen molar-refractivity contribution in [2.45, 2.75) is 25.8 Å². The monoisotopic (exact) mass is 325 g/mol. The summed E-state index contributed by atoms with van der Waals surface area (Å²) in [6.07, 6.45) is 1.65. The molecule has 3 nitrogen and oxygen atoms in total. The molecule has 0 N–H and O–H groups in total. The number of Topliss-reactive ketones (excluding diaryl/α,β-unsaturated/α-hetero) is 1. The molecule has 1 atom stereocenters. The lowest BCUT2D eigenvalue weighted by Crippen LogP contribution is -2.45. The van der Waals surface area contributed by atoms with Crippen LogP contribution >= 0.6 is 15.9 Å². The van der Waals surface area contributed by atoms with Crippen LogP contribution < -0.4 is 0 Å². The minimum atomic E-state index is 0.211. The highest BCUT2D eigenvalue weighted by Crippen LogP contribution is 2.15. The van der Waals surface area contributed by atoms with Crippen molar-refractivity contribution < 1.29 is 9.53 Å². The summed E-state index contributed by atoms with van der Waals surface area (Å²) < 4.78 is 6.43. The third-order valence-corrected chi connectivity index (χ3v) is 4.09. The summed E-state index contributed by atoms with van der Waals surface area (Å²) in [6, 6.07) is 8.07. The van der Waals surface area contributed by atoms with Crippen molar-refractivity contribution in [3.63, 3.8) is 0 Å². The molecule has 0 radical (unpaired) electrons. The smallest absolute Gasteiger partial charge is 0.164 e. The van der Waals surface area contributed by atoms with Gasteiger partial charge in [-0.2, -0.15) is 0 Å². The van der Waals surface area contributed by atoms with Gasteiger partial charge in [0.25, 0.3) is 0 Å². The van der Waals surface area contributed by atoms with Gasteiger partial charge in [-0.05, 0) is 18.6 Å². The van der Waals surface area contributed by atoms with Gasteiger partial charge in [0.2, 0.25) is 0 Å². The van der Waals surface area contributed by atoms with Crippen LogP contribution in [0.15, 0.2) is 28.7 Å². The molecule has 1 aromatic carbocycles. The van der Waals surface area contributed by atoms with E-state index in [0.717, 1.165) is 42.8 Å². The number of morpholine rings is 1. The lowest BCUT2D eigenvalue weighted by molar-refractivity contribution is -0.00839. The Hall–Kier alpha value is -0.710. The molecule has 0 aromatic heterocycles. The Morgan fingerprint density at radius 2 is 2.37 bits per heavy atom. The maximum Gasteiger partial charge on any atom is 0.164 e. The van der Waals surface area contributed by atoms with Crippen molar-refractivity contribution in [2.24, 2.45) is 0 Å². The Kier molecular flexibility index (Phi) is 5.55. The predicted molar refractivity (Wildman–Crippen MR) is 79.6 cm³/mol. The lowest BCUT2D eigenvalue weighted by Gasteiger charge is -2.34. The van der Waals surface area contributed by atoms with Gasteiger partial charge in [-0.25, -0.2) is 0 Å². The van der Waals surface area contributed by atoms with Crippen molar-refractivity contribution in [3.05, 3.63) is 34.3 Å². The van der Waals surface area contributed by atoms with Crippen LogP contribution in [0.3, 0.4) is 0 Å². The molecule has 1 heterocycles. The van der Waals surface area contributed by atoms with Gasteiger partial charge in [0.1, 0.15) is 0 Å². The number of carbonyl (C=O) groups is 1. The number of halogens is 1. The zero-order chi connectivity index (χ0) is 13.7. The summed E-state index contributed by atoms with van der Waals surface area (Å²) in [4.78, 5) is 14.5. The normalized spacial score (nSPS) is 20.4. The first-order valence-corrected chi connectivity index (χ1v) is 7.60. The fourth-order valence-corrected chi connectivity index (χ4v) is 2.81. The average Bonchev–Trinajstić information content (AvgIpc) is 2.45. The molecule has 1 fully saturated rings. The average molecular weight is 326 g/mol. The second-order valence-corrected chi connectivity index (χ2v) is 5.77. The van der Waals surface area contributed by atoms with Crippen LogP contribution in [0.25, 0.3) is 0 Å². The highest BCUT2D eigenvalue weighted by molar-refractivity contribution is 9.10. The van der Waals surface area contributed by atoms with E-state index in [0.29, 0.717) is 12.5 Å². The van der Waals surface area contributed by atoms with E-state index in [9.17, 15) is 4.79 Å². The molecule has 2 rings (SSSR count). The predicted octanol–water partition coefficient (Wildman–Crippen LogP) is 3.13. The lowest BCUT2D eigenvalue weighted by atomic mass is 10.1. The van der Waals surface area contributed by atoms with E-state index in [4.69, 9.17) is 4.74 Å². The Morgan fingerprint density at radius 3 is 3.11 bits per heavy atom. The quantitative estimate of drug-likeness (QED) is 0.779. The molecule has 0 amide bonds. The number of hydrogen-bond acceptors (Lipinski definition) is 3. The first kappa shape index (κ1) is 14.7. The van der Waals surface area contributed by atoms with Crippen LogP contribution in [0.2, 0.25) is 0 Å². The number of rotatable bonds is 5. The maximum absolute atomic E-state index is 12.2. The second kappa shape index (κ2) is 7.17. The fraction of sp³-hybridized carbons (Fsp3) is 0.533. The zero-order valence-corrected chi connectivity index (χ0v) is 12.9. The van der Waals surface area contributed by atoms with Crippen molar-refractivity contribution >= 4 is 21.7 Å². The van der Waals surface area contributed by atoms with Crippen molar-refractivity contribution in [1.82, 2.24) is 4.90 Å². The summed E-state index contributed by atoms with van der Waals surface area (Å²) in [5.74, 6) is 0.211. The Bertz CT molecular complexity index is 436. The number of ketones is 1. The van der Waals surface area contributed by atoms with Crippen LogP contribution in [0, 0.1) is 0 Å². The van der Waals surface area contributed by atoms with Gasteiger partial charge in [0, 0.05) is 35.6 Å². The van der Waals surface area contributed by atoms with Crippen LogP contribution in [-0.4, -0.2) is 43.0 Å². The first-order chi connectivity index (χ1) is 9.20. The van der Waals surface area contributed by atoms with E-state index in [1.165, 1.54) is 0 Å². The molecule has 0 saturated carbocycles. The van der Waals surface area contributed by atoms with Gasteiger partial charge in [0.15, 0.2) is 5.78 Å².